The third-order valence-corrected chi connectivity index (χ3v) is 3.89. The lowest BCUT2D eigenvalue weighted by molar-refractivity contribution is 0.480. The standard InChI is InChI=1S/C18H20N2O/c1-4-18(2,3)14-6-8-15(9-7-14)21-17-10-5-13(12-19)11-16(17)20/h5-11H,4,20H2,1-3H3. The van der Waals surface area contributed by atoms with E-state index in [1.54, 1.807) is 18.2 Å². The van der Waals surface area contributed by atoms with Crippen molar-refractivity contribution in [2.24, 2.45) is 0 Å². The fourth-order valence-electron chi connectivity index (χ4n) is 2.02. The molecule has 3 heteroatoms. The van der Waals surface area contributed by atoms with Crippen molar-refractivity contribution >= 4 is 5.69 Å². The molecule has 0 aliphatic carbocycles. The summed E-state index contributed by atoms with van der Waals surface area (Å²) in [5.74, 6) is 1.30. The first-order chi connectivity index (χ1) is 9.96. The lowest BCUT2D eigenvalue weighted by atomic mass is 9.82. The van der Waals surface area contributed by atoms with Gasteiger partial charge in [-0.25, -0.2) is 0 Å². The number of anilines is 1. The van der Waals surface area contributed by atoms with E-state index in [2.05, 4.69) is 39.0 Å². The molecule has 0 fully saturated rings. The summed E-state index contributed by atoms with van der Waals surface area (Å²) in [4.78, 5) is 0. The fraction of sp³-hybridized carbons (Fsp3) is 0.278. The maximum absolute atomic E-state index is 8.83. The summed E-state index contributed by atoms with van der Waals surface area (Å²) in [5, 5.41) is 8.83. The average molecular weight is 280 g/mol. The normalized spacial score (nSPS) is 11.0. The minimum absolute atomic E-state index is 0.159. The van der Waals surface area contributed by atoms with Crippen LogP contribution in [0.3, 0.4) is 0 Å². The van der Waals surface area contributed by atoms with Crippen LogP contribution in [-0.2, 0) is 5.41 Å². The van der Waals surface area contributed by atoms with Gasteiger partial charge in [-0.1, -0.05) is 32.9 Å². The first kappa shape index (κ1) is 14.9. The summed E-state index contributed by atoms with van der Waals surface area (Å²) in [6.45, 7) is 6.63. The Morgan fingerprint density at radius 1 is 1.14 bits per heavy atom. The van der Waals surface area contributed by atoms with Crippen LogP contribution >= 0.6 is 0 Å². The highest BCUT2D eigenvalue weighted by Crippen LogP contribution is 2.31. The number of nitrogen functional groups attached to an aromatic ring is 1. The van der Waals surface area contributed by atoms with Crippen LogP contribution in [-0.4, -0.2) is 0 Å². The second-order valence-corrected chi connectivity index (χ2v) is 5.73. The van der Waals surface area contributed by atoms with Crippen molar-refractivity contribution in [1.29, 1.82) is 5.26 Å². The van der Waals surface area contributed by atoms with Gasteiger partial charge >= 0.3 is 0 Å². The Labute approximate surface area is 126 Å². The zero-order valence-corrected chi connectivity index (χ0v) is 12.7. The van der Waals surface area contributed by atoms with Gasteiger partial charge in [0, 0.05) is 0 Å². The van der Waals surface area contributed by atoms with Crippen LogP contribution in [0.25, 0.3) is 0 Å². The summed E-state index contributed by atoms with van der Waals surface area (Å²) in [5.41, 5.74) is 8.32. The fourth-order valence-corrected chi connectivity index (χ4v) is 2.02. The number of ether oxygens (including phenoxy) is 1. The lowest BCUT2D eigenvalue weighted by Crippen LogP contribution is -2.14. The largest absolute Gasteiger partial charge is 0.455 e. The van der Waals surface area contributed by atoms with E-state index in [4.69, 9.17) is 15.7 Å². The number of nitriles is 1. The van der Waals surface area contributed by atoms with Gasteiger partial charge in [0.15, 0.2) is 0 Å². The summed E-state index contributed by atoms with van der Waals surface area (Å²) < 4.78 is 5.78. The molecule has 0 amide bonds. The quantitative estimate of drug-likeness (QED) is 0.831. The molecular formula is C18H20N2O. The minimum atomic E-state index is 0.159. The van der Waals surface area contributed by atoms with Gasteiger partial charge in [-0.3, -0.25) is 0 Å². The molecule has 0 saturated heterocycles. The van der Waals surface area contributed by atoms with Crippen molar-refractivity contribution in [2.45, 2.75) is 32.6 Å². The molecule has 0 aromatic heterocycles. The maximum atomic E-state index is 8.83. The average Bonchev–Trinajstić information content (AvgIpc) is 2.50. The Morgan fingerprint density at radius 3 is 2.33 bits per heavy atom. The molecule has 0 aliphatic heterocycles. The van der Waals surface area contributed by atoms with Gasteiger partial charge in [0.05, 0.1) is 17.3 Å². The molecule has 108 valence electrons. The Balaban J connectivity index is 2.20. The number of nitrogens with zero attached hydrogens (tertiary/aromatic N) is 1. The molecule has 3 nitrogen and oxygen atoms in total. The van der Waals surface area contributed by atoms with E-state index in [0.717, 1.165) is 12.2 Å². The summed E-state index contributed by atoms with van der Waals surface area (Å²) in [6.07, 6.45) is 1.08. The van der Waals surface area contributed by atoms with Crippen molar-refractivity contribution in [3.05, 3.63) is 53.6 Å². The molecule has 0 atom stereocenters. The number of rotatable bonds is 4. The topological polar surface area (TPSA) is 59.0 Å². The van der Waals surface area contributed by atoms with Crippen LogP contribution in [0.5, 0.6) is 11.5 Å². The number of hydrogen-bond acceptors (Lipinski definition) is 3. The molecule has 2 aromatic carbocycles. The van der Waals surface area contributed by atoms with Gasteiger partial charge in [0.1, 0.15) is 11.5 Å². The SMILES string of the molecule is CCC(C)(C)c1ccc(Oc2ccc(C#N)cc2N)cc1. The Morgan fingerprint density at radius 2 is 1.81 bits per heavy atom. The van der Waals surface area contributed by atoms with Gasteiger partial charge in [-0.2, -0.15) is 5.26 Å². The molecule has 0 unspecified atom stereocenters. The molecule has 0 heterocycles. The number of hydrogen-bond donors (Lipinski definition) is 1. The second kappa shape index (κ2) is 5.88. The molecule has 21 heavy (non-hydrogen) atoms. The van der Waals surface area contributed by atoms with E-state index in [1.165, 1.54) is 5.56 Å². The minimum Gasteiger partial charge on any atom is -0.455 e. The van der Waals surface area contributed by atoms with E-state index in [9.17, 15) is 0 Å². The predicted molar refractivity (Wildman–Crippen MR) is 85.4 cm³/mol. The van der Waals surface area contributed by atoms with E-state index >= 15 is 0 Å². The molecule has 2 N–H and O–H groups in total. The van der Waals surface area contributed by atoms with Gasteiger partial charge in [-0.15, -0.1) is 0 Å². The third kappa shape index (κ3) is 3.35. The summed E-state index contributed by atoms with van der Waals surface area (Å²) in [7, 11) is 0. The third-order valence-electron chi connectivity index (χ3n) is 3.89. The summed E-state index contributed by atoms with van der Waals surface area (Å²) in [6, 6.07) is 15.1. The molecule has 0 spiro atoms. The molecule has 0 aliphatic rings. The highest BCUT2D eigenvalue weighted by molar-refractivity contribution is 5.57. The van der Waals surface area contributed by atoms with Crippen molar-refractivity contribution in [3.8, 4) is 17.6 Å². The summed E-state index contributed by atoms with van der Waals surface area (Å²) >= 11 is 0. The van der Waals surface area contributed by atoms with Crippen molar-refractivity contribution in [2.75, 3.05) is 5.73 Å². The molecule has 2 rings (SSSR count). The van der Waals surface area contributed by atoms with Crippen LogP contribution in [0, 0.1) is 11.3 Å². The van der Waals surface area contributed by atoms with Crippen LogP contribution in [0.2, 0.25) is 0 Å². The highest BCUT2D eigenvalue weighted by Gasteiger charge is 2.17. The monoisotopic (exact) mass is 280 g/mol. The Bertz CT molecular complexity index is 667. The molecule has 2 aromatic rings. The maximum Gasteiger partial charge on any atom is 0.150 e. The molecule has 0 radical (unpaired) electrons. The molecule has 0 bridgehead atoms. The first-order valence-electron chi connectivity index (χ1n) is 7.04. The van der Waals surface area contributed by atoms with Gasteiger partial charge in [0.2, 0.25) is 0 Å². The van der Waals surface area contributed by atoms with Gasteiger partial charge in [-0.05, 0) is 47.7 Å². The van der Waals surface area contributed by atoms with Crippen LogP contribution in [0.1, 0.15) is 38.3 Å². The van der Waals surface area contributed by atoms with Gasteiger partial charge < -0.3 is 10.5 Å². The van der Waals surface area contributed by atoms with E-state index in [0.29, 0.717) is 17.0 Å². The first-order valence-corrected chi connectivity index (χ1v) is 7.04. The Hall–Kier alpha value is -2.47. The molecule has 0 saturated carbocycles. The van der Waals surface area contributed by atoms with E-state index in [1.807, 2.05) is 12.1 Å². The second-order valence-electron chi connectivity index (χ2n) is 5.73. The lowest BCUT2D eigenvalue weighted by Gasteiger charge is -2.23. The number of benzene rings is 2. The Kier molecular flexibility index (Phi) is 4.18. The van der Waals surface area contributed by atoms with Crippen LogP contribution < -0.4 is 10.5 Å². The van der Waals surface area contributed by atoms with Crippen molar-refractivity contribution < 1.29 is 4.74 Å². The van der Waals surface area contributed by atoms with E-state index in [-0.39, 0.29) is 5.41 Å². The zero-order chi connectivity index (χ0) is 15.5. The zero-order valence-electron chi connectivity index (χ0n) is 12.7. The number of nitrogens with two attached hydrogens (primary N) is 1. The van der Waals surface area contributed by atoms with Crippen LogP contribution in [0.15, 0.2) is 42.5 Å². The van der Waals surface area contributed by atoms with Gasteiger partial charge in [0.25, 0.3) is 0 Å². The highest BCUT2D eigenvalue weighted by atomic mass is 16.5. The van der Waals surface area contributed by atoms with Crippen molar-refractivity contribution in [1.82, 2.24) is 0 Å². The van der Waals surface area contributed by atoms with Crippen molar-refractivity contribution in [3.63, 3.8) is 0 Å². The predicted octanol–water partition coefficient (Wildman–Crippen LogP) is 4.62. The van der Waals surface area contributed by atoms with E-state index < -0.39 is 0 Å². The smallest absolute Gasteiger partial charge is 0.150 e. The molecular weight excluding hydrogens is 260 g/mol. The van der Waals surface area contributed by atoms with Crippen LogP contribution in [0.4, 0.5) is 5.69 Å².